The van der Waals surface area contributed by atoms with E-state index in [0.717, 1.165) is 34.6 Å². The average molecular weight is 707 g/mol. The van der Waals surface area contributed by atoms with E-state index in [1.807, 2.05) is 12.1 Å². The normalized spacial score (nSPS) is 14.8. The first-order valence-corrected chi connectivity index (χ1v) is 18.6. The second-order valence-electron chi connectivity index (χ2n) is 13.8. The second kappa shape index (κ2) is 12.3. The third kappa shape index (κ3) is 4.63. The predicted octanol–water partition coefficient (Wildman–Crippen LogP) is 13.8. The molecule has 0 saturated heterocycles. The molecule has 0 radical (unpaired) electrons. The summed E-state index contributed by atoms with van der Waals surface area (Å²) in [4.78, 5) is 0. The minimum atomic E-state index is -0.543. The Bertz CT molecular complexity index is 2630. The molecular weight excluding hydrogens is 673 g/mol. The number of benzene rings is 7. The molecule has 7 aromatic carbocycles. The van der Waals surface area contributed by atoms with Gasteiger partial charge in [-0.1, -0.05) is 175 Å². The van der Waals surface area contributed by atoms with Crippen LogP contribution in [0, 0.1) is 0 Å². The van der Waals surface area contributed by atoms with Gasteiger partial charge in [-0.2, -0.15) is 0 Å². The molecule has 3 heteroatoms. The molecule has 2 aliphatic rings. The van der Waals surface area contributed by atoms with Crippen LogP contribution in [0.25, 0.3) is 55.3 Å². The molecule has 0 spiro atoms. The Morgan fingerprint density at radius 3 is 1.67 bits per heavy atom. The molecule has 1 aromatic heterocycles. The molecule has 248 valence electrons. The van der Waals surface area contributed by atoms with Crippen LogP contribution in [-0.4, -0.2) is 4.57 Å². The van der Waals surface area contributed by atoms with Crippen LogP contribution >= 0.6 is 23.2 Å². The minimum Gasteiger partial charge on any atom is -0.307 e. The molecule has 2 aliphatic carbocycles. The molecule has 1 heterocycles. The summed E-state index contributed by atoms with van der Waals surface area (Å²) in [5.74, 6) is 0. The highest BCUT2D eigenvalue weighted by atomic mass is 35.5. The zero-order valence-corrected chi connectivity index (χ0v) is 29.9. The highest BCUT2D eigenvalue weighted by Gasteiger charge is 2.49. The Morgan fingerprint density at radius 1 is 0.481 bits per heavy atom. The lowest BCUT2D eigenvalue weighted by Crippen LogP contribution is -2.30. The number of aromatic nitrogens is 1. The predicted molar refractivity (Wildman–Crippen MR) is 220 cm³/mol. The van der Waals surface area contributed by atoms with E-state index in [1.165, 1.54) is 66.4 Å². The third-order valence-corrected chi connectivity index (χ3v) is 11.8. The number of allylic oxidation sites excluding steroid dienone is 4. The van der Waals surface area contributed by atoms with Gasteiger partial charge in [0.1, 0.15) is 0 Å². The van der Waals surface area contributed by atoms with Gasteiger partial charge in [0, 0.05) is 21.4 Å². The van der Waals surface area contributed by atoms with E-state index in [2.05, 4.69) is 168 Å². The summed E-state index contributed by atoms with van der Waals surface area (Å²) in [5.41, 5.74) is 15.1. The fraction of sp³-hybridized carbons (Fsp3) is 0.0612. The lowest BCUT2D eigenvalue weighted by Gasteiger charge is -2.37. The molecule has 52 heavy (non-hydrogen) atoms. The topological polar surface area (TPSA) is 4.93 Å². The molecule has 0 unspecified atom stereocenters. The van der Waals surface area contributed by atoms with Crippen LogP contribution in [0.2, 0.25) is 5.02 Å². The van der Waals surface area contributed by atoms with Crippen LogP contribution in [0.3, 0.4) is 0 Å². The fourth-order valence-corrected chi connectivity index (χ4v) is 9.33. The summed E-state index contributed by atoms with van der Waals surface area (Å²) in [7, 11) is 0. The molecule has 1 nitrogen and oxygen atoms in total. The molecule has 0 fully saturated rings. The van der Waals surface area contributed by atoms with E-state index < -0.39 is 5.41 Å². The maximum absolute atomic E-state index is 7.04. The lowest BCUT2D eigenvalue weighted by molar-refractivity contribution is 0.695. The van der Waals surface area contributed by atoms with Crippen molar-refractivity contribution < 1.29 is 0 Å². The molecule has 0 amide bonds. The summed E-state index contributed by atoms with van der Waals surface area (Å²) in [5, 5.41) is 4.00. The summed E-state index contributed by atoms with van der Waals surface area (Å²) in [6, 6.07) is 61.4. The van der Waals surface area contributed by atoms with Crippen LogP contribution < -0.4 is 0 Å². The molecule has 0 saturated carbocycles. The summed E-state index contributed by atoms with van der Waals surface area (Å²) in [6.45, 7) is 0. The minimum absolute atomic E-state index is 0.543. The Balaban J connectivity index is 1.32. The lowest BCUT2D eigenvalue weighted by atomic mass is 9.65. The second-order valence-corrected chi connectivity index (χ2v) is 14.7. The summed E-state index contributed by atoms with van der Waals surface area (Å²) < 4.78 is 2.37. The van der Waals surface area contributed by atoms with Gasteiger partial charge in [-0.3, -0.25) is 0 Å². The monoisotopic (exact) mass is 705 g/mol. The molecule has 0 aliphatic heterocycles. The van der Waals surface area contributed by atoms with Gasteiger partial charge in [0.25, 0.3) is 0 Å². The maximum Gasteiger partial charge on any atom is 0.0677 e. The van der Waals surface area contributed by atoms with Crippen molar-refractivity contribution in [2.45, 2.75) is 18.3 Å². The Hall–Kier alpha value is -5.60. The number of hydrogen-bond acceptors (Lipinski definition) is 0. The van der Waals surface area contributed by atoms with Crippen LogP contribution in [0.1, 0.15) is 35.1 Å². The average Bonchev–Trinajstić information content (AvgIpc) is 3.69. The number of nitrogens with zero attached hydrogens (tertiary/aromatic N) is 1. The molecule has 0 atom stereocenters. The van der Waals surface area contributed by atoms with Gasteiger partial charge in [0.15, 0.2) is 0 Å². The molecule has 0 bridgehead atoms. The van der Waals surface area contributed by atoms with Crippen molar-refractivity contribution in [2.24, 2.45) is 0 Å². The van der Waals surface area contributed by atoms with Crippen LogP contribution in [-0.2, 0) is 5.41 Å². The Kier molecular flexibility index (Phi) is 7.35. The van der Waals surface area contributed by atoms with Crippen molar-refractivity contribution in [3.63, 3.8) is 0 Å². The number of rotatable bonds is 5. The van der Waals surface area contributed by atoms with Gasteiger partial charge in [0.05, 0.1) is 27.2 Å². The van der Waals surface area contributed by atoms with Gasteiger partial charge in [-0.15, -0.1) is 0 Å². The summed E-state index contributed by atoms with van der Waals surface area (Å²) in [6.07, 6.45) is 3.90. The SMILES string of the molecule is ClC1=CC2=C(CC1)C(c1ccc(-c3ccccc3)cc1)(c1ccc(-c3ccccc3)cc1)c1ccc3c4ccccc4n(-c4ccccc4Cl)c3c12. The zero-order chi connectivity index (χ0) is 34.8. The van der Waals surface area contributed by atoms with Crippen LogP contribution in [0.4, 0.5) is 0 Å². The number of hydrogen-bond donors (Lipinski definition) is 0. The molecular formula is C49H33Cl2N. The van der Waals surface area contributed by atoms with Crippen molar-refractivity contribution in [1.29, 1.82) is 0 Å². The fourth-order valence-electron chi connectivity index (χ4n) is 8.91. The van der Waals surface area contributed by atoms with Gasteiger partial charge in [-0.25, -0.2) is 0 Å². The Labute approximate surface area is 313 Å². The van der Waals surface area contributed by atoms with Crippen molar-refractivity contribution in [1.82, 2.24) is 4.57 Å². The van der Waals surface area contributed by atoms with Crippen molar-refractivity contribution in [2.75, 3.05) is 0 Å². The molecule has 0 N–H and O–H groups in total. The van der Waals surface area contributed by atoms with Gasteiger partial charge < -0.3 is 4.57 Å². The van der Waals surface area contributed by atoms with E-state index in [9.17, 15) is 0 Å². The quantitative estimate of drug-likeness (QED) is 0.168. The van der Waals surface area contributed by atoms with Crippen molar-refractivity contribution >= 4 is 50.6 Å². The van der Waals surface area contributed by atoms with Crippen LogP contribution in [0.15, 0.2) is 187 Å². The first-order chi connectivity index (χ1) is 25.6. The van der Waals surface area contributed by atoms with Crippen molar-refractivity contribution in [3.05, 3.63) is 214 Å². The molecule has 10 rings (SSSR count). The van der Waals surface area contributed by atoms with Gasteiger partial charge in [0.2, 0.25) is 0 Å². The zero-order valence-electron chi connectivity index (χ0n) is 28.4. The van der Waals surface area contributed by atoms with Gasteiger partial charge in [-0.05, 0) is 87.2 Å². The van der Waals surface area contributed by atoms with E-state index in [4.69, 9.17) is 23.2 Å². The standard InChI is InChI=1S/C49H33Cl2N/c50-38-27-29-42-41(31-38)47-43(30-28-40-39-15-7-9-17-45(39)52(48(40)47)46-18-10-8-16-44(46)51)49(42,36-23-19-34(20-24-36)32-11-3-1-4-12-32)37-25-21-35(22-26-37)33-13-5-2-6-14-33/h1-26,28,30-31H,27,29H2. The highest BCUT2D eigenvalue weighted by molar-refractivity contribution is 6.33. The van der Waals surface area contributed by atoms with Crippen molar-refractivity contribution in [3.8, 4) is 27.9 Å². The summed E-state index contributed by atoms with van der Waals surface area (Å²) >= 11 is 14.1. The van der Waals surface area contributed by atoms with E-state index in [0.29, 0.717) is 5.02 Å². The number of halogens is 2. The first-order valence-electron chi connectivity index (χ1n) is 17.9. The van der Waals surface area contributed by atoms with E-state index in [1.54, 1.807) is 0 Å². The number of fused-ring (bicyclic) bond motifs is 6. The van der Waals surface area contributed by atoms with E-state index >= 15 is 0 Å². The van der Waals surface area contributed by atoms with Gasteiger partial charge >= 0.3 is 0 Å². The highest BCUT2D eigenvalue weighted by Crippen LogP contribution is 2.60. The first kappa shape index (κ1) is 31.2. The maximum atomic E-state index is 7.04. The third-order valence-electron chi connectivity index (χ3n) is 11.1. The van der Waals surface area contributed by atoms with E-state index in [-0.39, 0.29) is 0 Å². The Morgan fingerprint density at radius 2 is 1.04 bits per heavy atom. The molecule has 8 aromatic rings. The number of para-hydroxylation sites is 2. The van der Waals surface area contributed by atoms with Crippen LogP contribution in [0.5, 0.6) is 0 Å². The largest absolute Gasteiger partial charge is 0.307 e. The smallest absolute Gasteiger partial charge is 0.0677 e.